The highest BCUT2D eigenvalue weighted by Crippen LogP contribution is 2.18. The minimum Gasteiger partial charge on any atom is -0.462 e. The summed E-state index contributed by atoms with van der Waals surface area (Å²) in [5.74, 6) is -0.845. The number of hydrogen-bond acceptors (Lipinski definition) is 6. The predicted molar refractivity (Wildman–Crippen MR) is 335 cm³/mol. The van der Waals surface area contributed by atoms with E-state index >= 15 is 0 Å². The maximum atomic E-state index is 12.9. The van der Waals surface area contributed by atoms with Gasteiger partial charge in [0.15, 0.2) is 6.10 Å². The molecule has 77 heavy (non-hydrogen) atoms. The van der Waals surface area contributed by atoms with Crippen molar-refractivity contribution in [1.82, 2.24) is 0 Å². The van der Waals surface area contributed by atoms with Crippen LogP contribution in [0.4, 0.5) is 0 Å². The Hall–Kier alpha value is -2.11. The van der Waals surface area contributed by atoms with Crippen molar-refractivity contribution in [2.45, 2.75) is 399 Å². The first-order valence-corrected chi connectivity index (χ1v) is 34.8. The van der Waals surface area contributed by atoms with Gasteiger partial charge >= 0.3 is 17.9 Å². The first-order valence-electron chi connectivity index (χ1n) is 34.8. The van der Waals surface area contributed by atoms with Gasteiger partial charge < -0.3 is 14.2 Å². The van der Waals surface area contributed by atoms with Crippen molar-refractivity contribution in [3.05, 3.63) is 24.3 Å². The van der Waals surface area contributed by atoms with Gasteiger partial charge in [0.05, 0.1) is 0 Å². The van der Waals surface area contributed by atoms with Crippen molar-refractivity contribution in [2.24, 2.45) is 0 Å². The SMILES string of the molecule is CCCCCCCCC/C=C\CCCCCCCC(=O)OCC(COC(=O)CCCCCCCCCCCCCCC/C=C\CCCCCCCCCC)OC(=O)CCCCCCCCCCCCCCCCCCCC. The minimum atomic E-state index is -0.772. The monoisotopic (exact) mass is 1080 g/mol. The molecule has 0 rings (SSSR count). The molecule has 0 spiro atoms. The molecule has 6 nitrogen and oxygen atoms in total. The van der Waals surface area contributed by atoms with Gasteiger partial charge in [-0.25, -0.2) is 0 Å². The molecule has 0 aromatic carbocycles. The van der Waals surface area contributed by atoms with Crippen LogP contribution in [-0.2, 0) is 28.6 Å². The molecule has 6 heteroatoms. The Balaban J connectivity index is 4.26. The number of unbranched alkanes of at least 4 members (excludes halogenated alkanes) is 50. The summed E-state index contributed by atoms with van der Waals surface area (Å²) in [4.78, 5) is 38.4. The lowest BCUT2D eigenvalue weighted by atomic mass is 10.0. The molecule has 0 saturated heterocycles. The molecule has 0 bridgehead atoms. The van der Waals surface area contributed by atoms with Crippen LogP contribution >= 0.6 is 0 Å². The third kappa shape index (κ3) is 64.6. The molecule has 1 atom stereocenters. The van der Waals surface area contributed by atoms with Gasteiger partial charge in [-0.1, -0.05) is 328 Å². The van der Waals surface area contributed by atoms with Crippen LogP contribution < -0.4 is 0 Å². The van der Waals surface area contributed by atoms with Crippen molar-refractivity contribution < 1.29 is 28.6 Å². The van der Waals surface area contributed by atoms with Crippen LogP contribution in [0.2, 0.25) is 0 Å². The molecule has 0 amide bonds. The van der Waals surface area contributed by atoms with Crippen molar-refractivity contribution in [2.75, 3.05) is 13.2 Å². The molecule has 0 saturated carbocycles. The zero-order chi connectivity index (χ0) is 55.7. The lowest BCUT2D eigenvalue weighted by Gasteiger charge is -2.18. The fourth-order valence-corrected chi connectivity index (χ4v) is 10.7. The van der Waals surface area contributed by atoms with Crippen molar-refractivity contribution in [1.29, 1.82) is 0 Å². The van der Waals surface area contributed by atoms with E-state index in [1.54, 1.807) is 0 Å². The van der Waals surface area contributed by atoms with E-state index in [0.29, 0.717) is 19.3 Å². The summed E-state index contributed by atoms with van der Waals surface area (Å²) in [5, 5.41) is 0. The molecule has 0 fully saturated rings. The van der Waals surface area contributed by atoms with Crippen LogP contribution in [0, 0.1) is 0 Å². The maximum absolute atomic E-state index is 12.9. The molecular weight excluding hydrogens is 949 g/mol. The van der Waals surface area contributed by atoms with Crippen molar-refractivity contribution >= 4 is 17.9 Å². The molecule has 0 aromatic heterocycles. The highest BCUT2D eigenvalue weighted by atomic mass is 16.6. The van der Waals surface area contributed by atoms with Crippen LogP contribution in [0.5, 0.6) is 0 Å². The number of esters is 3. The average Bonchev–Trinajstić information content (AvgIpc) is 3.43. The van der Waals surface area contributed by atoms with Gasteiger partial charge in [-0.15, -0.1) is 0 Å². The molecule has 0 aromatic rings. The summed E-state index contributed by atoms with van der Waals surface area (Å²) in [6.45, 7) is 6.71. The summed E-state index contributed by atoms with van der Waals surface area (Å²) >= 11 is 0. The second kappa shape index (κ2) is 66.4. The number of allylic oxidation sites excluding steroid dienone is 4. The topological polar surface area (TPSA) is 78.9 Å². The highest BCUT2D eigenvalue weighted by Gasteiger charge is 2.19. The Bertz CT molecular complexity index is 1240. The third-order valence-corrected chi connectivity index (χ3v) is 15.9. The fourth-order valence-electron chi connectivity index (χ4n) is 10.7. The fraction of sp³-hybridized carbons (Fsp3) is 0.901. The first kappa shape index (κ1) is 74.9. The van der Waals surface area contributed by atoms with E-state index < -0.39 is 6.10 Å². The van der Waals surface area contributed by atoms with Crippen LogP contribution in [0.1, 0.15) is 393 Å². The second-order valence-electron chi connectivity index (χ2n) is 23.8. The van der Waals surface area contributed by atoms with E-state index in [-0.39, 0.29) is 31.1 Å². The van der Waals surface area contributed by atoms with E-state index in [4.69, 9.17) is 14.2 Å². The van der Waals surface area contributed by atoms with Gasteiger partial charge in [0, 0.05) is 19.3 Å². The summed E-state index contributed by atoms with van der Waals surface area (Å²) in [7, 11) is 0. The quantitative estimate of drug-likeness (QED) is 0.0261. The first-order chi connectivity index (χ1) is 38.0. The Morgan fingerprint density at radius 1 is 0.247 bits per heavy atom. The van der Waals surface area contributed by atoms with Crippen molar-refractivity contribution in [3.63, 3.8) is 0 Å². The van der Waals surface area contributed by atoms with E-state index in [0.717, 1.165) is 64.2 Å². The van der Waals surface area contributed by atoms with E-state index in [9.17, 15) is 14.4 Å². The van der Waals surface area contributed by atoms with Gasteiger partial charge in [0.2, 0.25) is 0 Å². The summed E-state index contributed by atoms with van der Waals surface area (Å²) in [6, 6.07) is 0. The summed E-state index contributed by atoms with van der Waals surface area (Å²) < 4.78 is 17.0. The molecule has 1 unspecified atom stereocenters. The Morgan fingerprint density at radius 3 is 0.649 bits per heavy atom. The van der Waals surface area contributed by atoms with Crippen LogP contribution in [0.25, 0.3) is 0 Å². The molecule has 0 aliphatic heterocycles. The van der Waals surface area contributed by atoms with Crippen LogP contribution in [0.3, 0.4) is 0 Å². The highest BCUT2D eigenvalue weighted by molar-refractivity contribution is 5.71. The molecule has 0 aliphatic rings. The van der Waals surface area contributed by atoms with Gasteiger partial charge in [-0.2, -0.15) is 0 Å². The molecule has 0 N–H and O–H groups in total. The Morgan fingerprint density at radius 2 is 0.429 bits per heavy atom. The predicted octanol–water partition coefficient (Wildman–Crippen LogP) is 23.8. The standard InChI is InChI=1S/C71H134O6/c1-4-7-10-13-16-19-22-25-28-31-33-34-35-36-37-38-39-41-43-46-49-52-55-58-61-64-70(73)76-67-68(66-75-69(72)63-60-57-54-51-48-45-42-30-27-24-21-18-15-12-9-6-3)77-71(74)65-62-59-56-53-50-47-44-40-32-29-26-23-20-17-14-11-8-5-2/h30-31,33,42,68H,4-29,32,34-41,43-67H2,1-3H3/b33-31-,42-30-. The summed E-state index contributed by atoms with van der Waals surface area (Å²) in [5.41, 5.74) is 0. The Kier molecular flexibility index (Phi) is 64.6. The van der Waals surface area contributed by atoms with Gasteiger partial charge in [-0.05, 0) is 70.6 Å². The average molecular weight is 1080 g/mol. The number of carbonyl (C=O) groups is 3. The van der Waals surface area contributed by atoms with Gasteiger partial charge in [-0.3, -0.25) is 14.4 Å². The lowest BCUT2D eigenvalue weighted by Crippen LogP contribution is -2.30. The number of rotatable bonds is 65. The van der Waals surface area contributed by atoms with Crippen molar-refractivity contribution in [3.8, 4) is 0 Å². The molecule has 0 heterocycles. The second-order valence-corrected chi connectivity index (χ2v) is 23.8. The Labute approximate surface area is 481 Å². The zero-order valence-electron chi connectivity index (χ0n) is 52.3. The number of carbonyl (C=O) groups excluding carboxylic acids is 3. The van der Waals surface area contributed by atoms with Crippen LogP contribution in [0.15, 0.2) is 24.3 Å². The van der Waals surface area contributed by atoms with E-state index in [1.807, 2.05) is 0 Å². The lowest BCUT2D eigenvalue weighted by molar-refractivity contribution is -0.167. The minimum absolute atomic E-state index is 0.0682. The molecule has 0 aliphatic carbocycles. The zero-order valence-corrected chi connectivity index (χ0v) is 52.3. The number of ether oxygens (including phenoxy) is 3. The van der Waals surface area contributed by atoms with Crippen LogP contribution in [-0.4, -0.2) is 37.2 Å². The number of hydrogen-bond donors (Lipinski definition) is 0. The summed E-state index contributed by atoms with van der Waals surface area (Å²) in [6.07, 6.45) is 80.6. The normalized spacial score (nSPS) is 12.1. The smallest absolute Gasteiger partial charge is 0.306 e. The maximum Gasteiger partial charge on any atom is 0.306 e. The van der Waals surface area contributed by atoms with E-state index in [1.165, 1.54) is 289 Å². The van der Waals surface area contributed by atoms with Gasteiger partial charge in [0.1, 0.15) is 13.2 Å². The largest absolute Gasteiger partial charge is 0.462 e. The van der Waals surface area contributed by atoms with Gasteiger partial charge in [0.25, 0.3) is 0 Å². The molecular formula is C71H134O6. The third-order valence-electron chi connectivity index (χ3n) is 15.9. The molecule has 0 radical (unpaired) electrons. The van der Waals surface area contributed by atoms with E-state index in [2.05, 4.69) is 45.1 Å². The molecule has 454 valence electrons.